The topological polar surface area (TPSA) is 71.8 Å². The number of urea groups is 1. The smallest absolute Gasteiger partial charge is 0.315 e. The van der Waals surface area contributed by atoms with Crippen LogP contribution < -0.4 is 10.6 Å². The Morgan fingerprint density at radius 1 is 1.19 bits per heavy atom. The normalized spacial score (nSPS) is 11.8. The molecular formula is C19H19Cl2N5O. The number of aromatic nitrogens is 3. The number of rotatable bonds is 6. The van der Waals surface area contributed by atoms with Crippen molar-refractivity contribution >= 4 is 29.2 Å². The summed E-state index contributed by atoms with van der Waals surface area (Å²) in [5, 5.41) is 11.1. The van der Waals surface area contributed by atoms with Gasteiger partial charge in [-0.05, 0) is 48.7 Å². The number of nitrogens with zero attached hydrogens (tertiary/aromatic N) is 3. The van der Waals surface area contributed by atoms with Crippen LogP contribution in [0.15, 0.2) is 55.1 Å². The van der Waals surface area contributed by atoms with Crippen LogP contribution in [0.1, 0.15) is 24.1 Å². The molecule has 1 unspecified atom stereocenters. The maximum atomic E-state index is 12.1. The number of hydrogen-bond acceptors (Lipinski definition) is 3. The zero-order valence-corrected chi connectivity index (χ0v) is 16.2. The minimum atomic E-state index is -0.229. The summed E-state index contributed by atoms with van der Waals surface area (Å²) in [5.41, 5.74) is 2.85. The van der Waals surface area contributed by atoms with Crippen molar-refractivity contribution in [2.45, 2.75) is 19.4 Å². The summed E-state index contributed by atoms with van der Waals surface area (Å²) >= 11 is 12.0. The predicted octanol–water partition coefficient (Wildman–Crippen LogP) is 4.18. The van der Waals surface area contributed by atoms with Gasteiger partial charge in [0.1, 0.15) is 12.7 Å². The number of halogens is 2. The summed E-state index contributed by atoms with van der Waals surface area (Å²) in [6.07, 6.45) is 3.75. The molecule has 0 saturated heterocycles. The van der Waals surface area contributed by atoms with Crippen molar-refractivity contribution in [2.75, 3.05) is 6.54 Å². The number of nitrogens with one attached hydrogen (secondary N) is 2. The third-order valence-corrected chi connectivity index (χ3v) is 4.71. The first-order valence-corrected chi connectivity index (χ1v) is 9.22. The molecule has 140 valence electrons. The van der Waals surface area contributed by atoms with E-state index in [1.807, 2.05) is 37.3 Å². The van der Waals surface area contributed by atoms with Gasteiger partial charge >= 0.3 is 6.03 Å². The Hall–Kier alpha value is -2.57. The molecule has 2 aromatic carbocycles. The number of carbonyl (C=O) groups is 1. The second-order valence-electron chi connectivity index (χ2n) is 6.04. The van der Waals surface area contributed by atoms with Gasteiger partial charge in [0.25, 0.3) is 0 Å². The fourth-order valence-electron chi connectivity index (χ4n) is 2.62. The maximum absolute atomic E-state index is 12.1. The van der Waals surface area contributed by atoms with Gasteiger partial charge in [0.15, 0.2) is 0 Å². The molecule has 0 radical (unpaired) electrons. The molecule has 6 nitrogen and oxygen atoms in total. The number of benzene rings is 2. The van der Waals surface area contributed by atoms with Crippen LogP contribution in [0.25, 0.3) is 5.69 Å². The Labute approximate surface area is 167 Å². The minimum Gasteiger partial charge on any atom is -0.338 e. The fraction of sp³-hybridized carbons (Fsp3) is 0.211. The van der Waals surface area contributed by atoms with Crippen molar-refractivity contribution in [3.8, 4) is 5.69 Å². The Morgan fingerprint density at radius 2 is 1.96 bits per heavy atom. The van der Waals surface area contributed by atoms with Crippen molar-refractivity contribution in [1.29, 1.82) is 0 Å². The molecule has 0 aliphatic heterocycles. The summed E-state index contributed by atoms with van der Waals surface area (Å²) in [7, 11) is 0. The molecule has 0 saturated carbocycles. The van der Waals surface area contributed by atoms with Crippen LogP contribution in [0.4, 0.5) is 4.79 Å². The largest absolute Gasteiger partial charge is 0.338 e. The first kappa shape index (κ1) is 19.2. The van der Waals surface area contributed by atoms with Crippen LogP contribution >= 0.6 is 23.2 Å². The van der Waals surface area contributed by atoms with E-state index in [1.54, 1.807) is 23.1 Å². The molecule has 0 spiro atoms. The van der Waals surface area contributed by atoms with E-state index >= 15 is 0 Å². The van der Waals surface area contributed by atoms with Crippen LogP contribution in [0.5, 0.6) is 0 Å². The molecule has 27 heavy (non-hydrogen) atoms. The predicted molar refractivity (Wildman–Crippen MR) is 106 cm³/mol. The first-order valence-electron chi connectivity index (χ1n) is 8.46. The Balaban J connectivity index is 1.48. The van der Waals surface area contributed by atoms with Gasteiger partial charge in [-0.3, -0.25) is 0 Å². The summed E-state index contributed by atoms with van der Waals surface area (Å²) in [5.74, 6) is 0. The number of carbonyl (C=O) groups excluding carboxylic acids is 1. The summed E-state index contributed by atoms with van der Waals surface area (Å²) < 4.78 is 1.68. The first-order chi connectivity index (χ1) is 13.0. The summed E-state index contributed by atoms with van der Waals surface area (Å²) in [6, 6.07) is 12.8. The molecule has 2 amide bonds. The van der Waals surface area contributed by atoms with Crippen LogP contribution in [0, 0.1) is 0 Å². The van der Waals surface area contributed by atoms with E-state index in [1.165, 1.54) is 6.33 Å². The van der Waals surface area contributed by atoms with Crippen molar-refractivity contribution in [1.82, 2.24) is 25.4 Å². The van der Waals surface area contributed by atoms with Crippen molar-refractivity contribution in [2.24, 2.45) is 0 Å². The molecule has 3 rings (SSSR count). The van der Waals surface area contributed by atoms with Crippen LogP contribution in [-0.2, 0) is 6.42 Å². The lowest BCUT2D eigenvalue weighted by Crippen LogP contribution is -2.38. The quantitative estimate of drug-likeness (QED) is 0.648. The molecule has 3 aromatic rings. The molecule has 0 aliphatic rings. The molecule has 1 heterocycles. The van der Waals surface area contributed by atoms with Gasteiger partial charge in [0.2, 0.25) is 0 Å². The Kier molecular flexibility index (Phi) is 6.32. The standard InChI is InChI=1S/C19H19Cl2N5O/c1-13(14-3-6-17(7-4-14)26-12-22-11-24-26)25-19(27)23-9-8-15-2-5-16(20)10-18(15)21/h2-7,10-13H,8-9H2,1H3,(H2,23,25,27). The van der Waals surface area contributed by atoms with Gasteiger partial charge in [-0.25, -0.2) is 14.5 Å². The molecule has 0 aliphatic carbocycles. The third-order valence-electron chi connectivity index (χ3n) is 4.12. The zero-order valence-electron chi connectivity index (χ0n) is 14.7. The zero-order chi connectivity index (χ0) is 19.2. The Morgan fingerprint density at radius 3 is 2.63 bits per heavy atom. The average molecular weight is 404 g/mol. The van der Waals surface area contributed by atoms with E-state index < -0.39 is 0 Å². The lowest BCUT2D eigenvalue weighted by molar-refractivity contribution is 0.238. The van der Waals surface area contributed by atoms with Crippen LogP contribution in [0.3, 0.4) is 0 Å². The van der Waals surface area contributed by atoms with Crippen molar-refractivity contribution in [3.63, 3.8) is 0 Å². The molecule has 1 atom stereocenters. The highest BCUT2D eigenvalue weighted by Gasteiger charge is 2.10. The fourth-order valence-corrected chi connectivity index (χ4v) is 3.13. The van der Waals surface area contributed by atoms with Crippen LogP contribution in [-0.4, -0.2) is 27.3 Å². The highest BCUT2D eigenvalue weighted by Crippen LogP contribution is 2.21. The highest BCUT2D eigenvalue weighted by atomic mass is 35.5. The molecule has 2 N–H and O–H groups in total. The maximum Gasteiger partial charge on any atom is 0.315 e. The van der Waals surface area contributed by atoms with Gasteiger partial charge in [-0.15, -0.1) is 0 Å². The molecule has 0 bridgehead atoms. The Bertz CT molecular complexity index is 897. The molecule has 8 heteroatoms. The molecule has 0 fully saturated rings. The molecule has 1 aromatic heterocycles. The number of hydrogen-bond donors (Lipinski definition) is 2. The van der Waals surface area contributed by atoms with E-state index in [-0.39, 0.29) is 12.1 Å². The lowest BCUT2D eigenvalue weighted by atomic mass is 10.1. The van der Waals surface area contributed by atoms with E-state index in [4.69, 9.17) is 23.2 Å². The lowest BCUT2D eigenvalue weighted by Gasteiger charge is -2.16. The van der Waals surface area contributed by atoms with E-state index in [9.17, 15) is 4.79 Å². The second-order valence-corrected chi connectivity index (χ2v) is 6.88. The second kappa shape index (κ2) is 8.88. The number of amides is 2. The van der Waals surface area contributed by atoms with Crippen LogP contribution in [0.2, 0.25) is 10.0 Å². The summed E-state index contributed by atoms with van der Waals surface area (Å²) in [4.78, 5) is 16.0. The highest BCUT2D eigenvalue weighted by molar-refractivity contribution is 6.35. The van der Waals surface area contributed by atoms with Crippen molar-refractivity contribution < 1.29 is 4.79 Å². The SMILES string of the molecule is CC(NC(=O)NCCc1ccc(Cl)cc1Cl)c1ccc(-n2cncn2)cc1. The van der Waals surface area contributed by atoms with Gasteiger partial charge in [-0.2, -0.15) is 5.10 Å². The van der Waals surface area contributed by atoms with E-state index in [2.05, 4.69) is 20.7 Å². The van der Waals surface area contributed by atoms with Gasteiger partial charge in [0, 0.05) is 16.6 Å². The summed E-state index contributed by atoms with van der Waals surface area (Å²) in [6.45, 7) is 2.41. The van der Waals surface area contributed by atoms with E-state index in [0.29, 0.717) is 23.0 Å². The average Bonchev–Trinajstić information content (AvgIpc) is 3.18. The minimum absolute atomic E-state index is 0.131. The van der Waals surface area contributed by atoms with E-state index in [0.717, 1.165) is 16.8 Å². The van der Waals surface area contributed by atoms with Crippen molar-refractivity contribution in [3.05, 3.63) is 76.3 Å². The van der Waals surface area contributed by atoms with Gasteiger partial charge < -0.3 is 10.6 Å². The monoisotopic (exact) mass is 403 g/mol. The van der Waals surface area contributed by atoms with Gasteiger partial charge in [0.05, 0.1) is 11.7 Å². The third kappa shape index (κ3) is 5.21. The van der Waals surface area contributed by atoms with Gasteiger partial charge in [-0.1, -0.05) is 41.4 Å². The molecular weight excluding hydrogens is 385 g/mol.